The van der Waals surface area contributed by atoms with Crippen LogP contribution in [0.1, 0.15) is 49.7 Å². The van der Waals surface area contributed by atoms with Crippen LogP contribution >= 0.6 is 0 Å². The first-order valence-corrected chi connectivity index (χ1v) is 6.03. The number of hydrogen-bond acceptors (Lipinski definition) is 1. The molecule has 2 atom stereocenters. The van der Waals surface area contributed by atoms with Crippen molar-refractivity contribution in [3.8, 4) is 0 Å². The van der Waals surface area contributed by atoms with E-state index in [0.29, 0.717) is 0 Å². The number of hydrogen-bond donors (Lipinski definition) is 1. The molecule has 2 unspecified atom stereocenters. The van der Waals surface area contributed by atoms with Gasteiger partial charge in [0.15, 0.2) is 0 Å². The maximum atomic E-state index is 5.87. The fourth-order valence-electron chi connectivity index (χ4n) is 2.82. The van der Waals surface area contributed by atoms with Crippen LogP contribution in [0.15, 0.2) is 18.2 Å². The van der Waals surface area contributed by atoms with Crippen LogP contribution in [0.4, 0.5) is 5.69 Å². The molecular formula is C14H21N. The first kappa shape index (κ1) is 10.5. The lowest BCUT2D eigenvalue weighted by Gasteiger charge is -2.28. The van der Waals surface area contributed by atoms with E-state index < -0.39 is 0 Å². The number of aryl methyl sites for hydroxylation is 1. The van der Waals surface area contributed by atoms with E-state index in [-0.39, 0.29) is 0 Å². The summed E-state index contributed by atoms with van der Waals surface area (Å²) in [6.07, 6.45) is 5.46. The average Bonchev–Trinajstić information content (AvgIpc) is 2.22. The summed E-state index contributed by atoms with van der Waals surface area (Å²) in [6, 6.07) is 6.34. The van der Waals surface area contributed by atoms with Gasteiger partial charge in [-0.2, -0.15) is 0 Å². The van der Waals surface area contributed by atoms with Gasteiger partial charge in [0.2, 0.25) is 0 Å². The summed E-state index contributed by atoms with van der Waals surface area (Å²) in [5, 5.41) is 0. The first-order chi connectivity index (χ1) is 7.16. The van der Waals surface area contributed by atoms with Crippen molar-refractivity contribution < 1.29 is 0 Å². The van der Waals surface area contributed by atoms with Crippen molar-refractivity contribution >= 4 is 5.69 Å². The molecule has 1 saturated carbocycles. The van der Waals surface area contributed by atoms with Gasteiger partial charge in [0.1, 0.15) is 0 Å². The molecule has 0 spiro atoms. The highest BCUT2D eigenvalue weighted by Gasteiger charge is 2.21. The standard InChI is InChI=1S/C14H21N/c1-10-4-3-5-12(8-10)14-9-13(15)7-6-11(14)2/h6-7,9-10,12H,3-5,8,15H2,1-2H3. The number of rotatable bonds is 1. The molecule has 2 N–H and O–H groups in total. The van der Waals surface area contributed by atoms with Gasteiger partial charge < -0.3 is 5.73 Å². The molecule has 1 heteroatoms. The van der Waals surface area contributed by atoms with E-state index in [0.717, 1.165) is 17.5 Å². The van der Waals surface area contributed by atoms with Crippen LogP contribution in [0.25, 0.3) is 0 Å². The Morgan fingerprint density at radius 3 is 2.80 bits per heavy atom. The molecule has 1 nitrogen and oxygen atoms in total. The second kappa shape index (κ2) is 4.26. The van der Waals surface area contributed by atoms with Crippen molar-refractivity contribution in [2.24, 2.45) is 5.92 Å². The van der Waals surface area contributed by atoms with Crippen molar-refractivity contribution in [1.82, 2.24) is 0 Å². The number of benzene rings is 1. The third kappa shape index (κ3) is 2.34. The molecule has 2 rings (SSSR count). The molecule has 1 fully saturated rings. The van der Waals surface area contributed by atoms with E-state index in [9.17, 15) is 0 Å². The van der Waals surface area contributed by atoms with Crippen LogP contribution in [0.3, 0.4) is 0 Å². The van der Waals surface area contributed by atoms with Gasteiger partial charge in [-0.15, -0.1) is 0 Å². The largest absolute Gasteiger partial charge is 0.399 e. The fraction of sp³-hybridized carbons (Fsp3) is 0.571. The van der Waals surface area contributed by atoms with Gasteiger partial charge in [-0.05, 0) is 54.9 Å². The van der Waals surface area contributed by atoms with Crippen molar-refractivity contribution in [2.75, 3.05) is 5.73 Å². The van der Waals surface area contributed by atoms with E-state index in [2.05, 4.69) is 26.0 Å². The SMILES string of the molecule is Cc1ccc(N)cc1C1CCCC(C)C1. The zero-order valence-electron chi connectivity index (χ0n) is 9.79. The van der Waals surface area contributed by atoms with Crippen LogP contribution < -0.4 is 5.73 Å². The fourth-order valence-corrected chi connectivity index (χ4v) is 2.82. The van der Waals surface area contributed by atoms with Crippen molar-refractivity contribution in [3.05, 3.63) is 29.3 Å². The van der Waals surface area contributed by atoms with Crippen molar-refractivity contribution in [3.63, 3.8) is 0 Å². The second-order valence-corrected chi connectivity index (χ2v) is 5.08. The Bertz CT molecular complexity index is 343. The monoisotopic (exact) mass is 203 g/mol. The molecular weight excluding hydrogens is 182 g/mol. The topological polar surface area (TPSA) is 26.0 Å². The average molecular weight is 203 g/mol. The maximum Gasteiger partial charge on any atom is 0.0317 e. The molecule has 1 aliphatic rings. The lowest BCUT2D eigenvalue weighted by atomic mass is 9.77. The Morgan fingerprint density at radius 2 is 2.07 bits per heavy atom. The number of nitrogen functional groups attached to an aromatic ring is 1. The predicted octanol–water partition coefficient (Wildman–Crippen LogP) is 3.87. The van der Waals surface area contributed by atoms with Gasteiger partial charge in [0.05, 0.1) is 0 Å². The molecule has 0 saturated heterocycles. The third-order valence-corrected chi connectivity index (χ3v) is 3.68. The molecule has 15 heavy (non-hydrogen) atoms. The number of anilines is 1. The summed E-state index contributed by atoms with van der Waals surface area (Å²) >= 11 is 0. The first-order valence-electron chi connectivity index (χ1n) is 6.03. The highest BCUT2D eigenvalue weighted by Crippen LogP contribution is 2.37. The molecule has 82 valence electrons. The van der Waals surface area contributed by atoms with E-state index >= 15 is 0 Å². The molecule has 0 amide bonds. The summed E-state index contributed by atoms with van der Waals surface area (Å²) < 4.78 is 0. The van der Waals surface area contributed by atoms with Gasteiger partial charge in [-0.25, -0.2) is 0 Å². The summed E-state index contributed by atoms with van der Waals surface area (Å²) in [4.78, 5) is 0. The summed E-state index contributed by atoms with van der Waals surface area (Å²) in [5.74, 6) is 1.63. The number of nitrogens with two attached hydrogens (primary N) is 1. The van der Waals surface area contributed by atoms with Crippen LogP contribution in [-0.2, 0) is 0 Å². The lowest BCUT2D eigenvalue weighted by Crippen LogP contribution is -2.12. The Hall–Kier alpha value is -0.980. The second-order valence-electron chi connectivity index (χ2n) is 5.08. The minimum Gasteiger partial charge on any atom is -0.399 e. The van der Waals surface area contributed by atoms with E-state index in [1.165, 1.54) is 36.8 Å². The lowest BCUT2D eigenvalue weighted by molar-refractivity contribution is 0.343. The van der Waals surface area contributed by atoms with Crippen molar-refractivity contribution in [2.45, 2.75) is 45.4 Å². The summed E-state index contributed by atoms with van der Waals surface area (Å²) in [6.45, 7) is 4.57. The van der Waals surface area contributed by atoms with E-state index in [1.54, 1.807) is 0 Å². The Balaban J connectivity index is 2.24. The third-order valence-electron chi connectivity index (χ3n) is 3.68. The van der Waals surface area contributed by atoms with Crippen molar-refractivity contribution in [1.29, 1.82) is 0 Å². The van der Waals surface area contributed by atoms with Gasteiger partial charge in [-0.3, -0.25) is 0 Å². The zero-order chi connectivity index (χ0) is 10.8. The predicted molar refractivity (Wildman–Crippen MR) is 66.0 cm³/mol. The smallest absolute Gasteiger partial charge is 0.0317 e. The van der Waals surface area contributed by atoms with E-state index in [1.807, 2.05) is 6.07 Å². The summed E-state index contributed by atoms with van der Waals surface area (Å²) in [7, 11) is 0. The molecule has 1 aliphatic carbocycles. The Labute approximate surface area is 92.7 Å². The van der Waals surface area contributed by atoms with Crippen LogP contribution in [0.5, 0.6) is 0 Å². The maximum absolute atomic E-state index is 5.87. The quantitative estimate of drug-likeness (QED) is 0.689. The molecule has 0 radical (unpaired) electrons. The highest BCUT2D eigenvalue weighted by molar-refractivity contribution is 5.45. The molecule has 0 heterocycles. The van der Waals surface area contributed by atoms with Gasteiger partial charge >= 0.3 is 0 Å². The van der Waals surface area contributed by atoms with E-state index in [4.69, 9.17) is 5.73 Å². The minimum atomic E-state index is 0.747. The van der Waals surface area contributed by atoms with Gasteiger partial charge in [0.25, 0.3) is 0 Å². The molecule has 0 aliphatic heterocycles. The van der Waals surface area contributed by atoms with Gasteiger partial charge in [0, 0.05) is 5.69 Å². The normalized spacial score (nSPS) is 26.5. The molecule has 0 aromatic heterocycles. The zero-order valence-corrected chi connectivity index (χ0v) is 9.79. The molecule has 1 aromatic carbocycles. The van der Waals surface area contributed by atoms with Crippen LogP contribution in [-0.4, -0.2) is 0 Å². The highest BCUT2D eigenvalue weighted by atomic mass is 14.5. The Morgan fingerprint density at radius 1 is 1.27 bits per heavy atom. The van der Waals surface area contributed by atoms with Crippen LogP contribution in [0.2, 0.25) is 0 Å². The summed E-state index contributed by atoms with van der Waals surface area (Å²) in [5.41, 5.74) is 9.67. The molecule has 1 aromatic rings. The minimum absolute atomic E-state index is 0.747. The van der Waals surface area contributed by atoms with Gasteiger partial charge in [-0.1, -0.05) is 25.8 Å². The molecule has 0 bridgehead atoms. The van der Waals surface area contributed by atoms with Crippen LogP contribution in [0, 0.1) is 12.8 Å². The Kier molecular flexibility index (Phi) is 2.99.